The first-order chi connectivity index (χ1) is 5.87. The van der Waals surface area contributed by atoms with Crippen LogP contribution in [-0.4, -0.2) is 25.3 Å². The van der Waals surface area contributed by atoms with Gasteiger partial charge in [-0.05, 0) is 12.8 Å². The Morgan fingerprint density at radius 1 is 1.50 bits per heavy atom. The quantitative estimate of drug-likeness (QED) is 0.754. The second kappa shape index (κ2) is 6.89. The van der Waals surface area contributed by atoms with E-state index < -0.39 is 24.6 Å². The summed E-state index contributed by atoms with van der Waals surface area (Å²) in [6.07, 6.45) is -5.26. The van der Waals surface area contributed by atoms with Crippen LogP contribution in [0.25, 0.3) is 0 Å². The molecule has 0 amide bonds. The van der Waals surface area contributed by atoms with Gasteiger partial charge in [-0.2, -0.15) is 13.2 Å². The van der Waals surface area contributed by atoms with Crippen LogP contribution in [0.2, 0.25) is 0 Å². The lowest BCUT2D eigenvalue weighted by Crippen LogP contribution is -2.31. The Kier molecular flexibility index (Phi) is 7.85. The Morgan fingerprint density at radius 2 is 2.00 bits per heavy atom. The molecule has 86 valence electrons. The van der Waals surface area contributed by atoms with Crippen LogP contribution in [-0.2, 0) is 9.53 Å². The van der Waals surface area contributed by atoms with Crippen molar-refractivity contribution in [3.05, 3.63) is 0 Å². The lowest BCUT2D eigenvalue weighted by atomic mass is 10.1. The number of halogens is 4. The topological polar surface area (TPSA) is 52.3 Å². The highest BCUT2D eigenvalue weighted by molar-refractivity contribution is 5.85. The average Bonchev–Trinajstić information content (AvgIpc) is 2.00. The molecule has 0 aliphatic heterocycles. The fourth-order valence-electron chi connectivity index (χ4n) is 0.792. The van der Waals surface area contributed by atoms with Gasteiger partial charge in [0.15, 0.2) is 0 Å². The number of esters is 1. The summed E-state index contributed by atoms with van der Waals surface area (Å²) in [6.45, 7) is 0. The molecule has 7 heteroatoms. The van der Waals surface area contributed by atoms with Crippen LogP contribution in [0.15, 0.2) is 0 Å². The maximum atomic E-state index is 11.6. The zero-order valence-corrected chi connectivity index (χ0v) is 8.45. The predicted octanol–water partition coefficient (Wildman–Crippen LogP) is 1.64. The van der Waals surface area contributed by atoms with E-state index in [0.29, 0.717) is 0 Å². The van der Waals surface area contributed by atoms with E-state index in [9.17, 15) is 18.0 Å². The molecule has 0 saturated carbocycles. The van der Waals surface area contributed by atoms with Gasteiger partial charge in [0.25, 0.3) is 0 Å². The molecular weight excluding hydrogens is 223 g/mol. The van der Waals surface area contributed by atoms with Crippen molar-refractivity contribution < 1.29 is 22.7 Å². The SMILES string of the molecule is COC(=O)C(N)CCCC(F)(F)F.Cl. The number of methoxy groups -OCH3 is 1. The molecule has 1 unspecified atom stereocenters. The number of hydrogen-bond acceptors (Lipinski definition) is 3. The zero-order chi connectivity index (χ0) is 10.5. The van der Waals surface area contributed by atoms with Crippen LogP contribution < -0.4 is 5.73 Å². The monoisotopic (exact) mass is 235 g/mol. The number of alkyl halides is 3. The third-order valence-electron chi connectivity index (χ3n) is 1.48. The molecule has 0 rings (SSSR count). The van der Waals surface area contributed by atoms with Crippen LogP contribution >= 0.6 is 12.4 Å². The minimum absolute atomic E-state index is 0. The molecule has 0 aliphatic carbocycles. The van der Waals surface area contributed by atoms with Gasteiger partial charge in [-0.25, -0.2) is 0 Å². The van der Waals surface area contributed by atoms with Gasteiger partial charge in [-0.3, -0.25) is 4.79 Å². The van der Waals surface area contributed by atoms with E-state index in [1.165, 1.54) is 0 Å². The first-order valence-electron chi connectivity index (χ1n) is 3.77. The fraction of sp³-hybridized carbons (Fsp3) is 0.857. The highest BCUT2D eigenvalue weighted by Crippen LogP contribution is 2.22. The van der Waals surface area contributed by atoms with Crippen molar-refractivity contribution in [2.24, 2.45) is 5.73 Å². The van der Waals surface area contributed by atoms with Crippen LogP contribution in [0.5, 0.6) is 0 Å². The van der Waals surface area contributed by atoms with E-state index >= 15 is 0 Å². The lowest BCUT2D eigenvalue weighted by Gasteiger charge is -2.09. The van der Waals surface area contributed by atoms with Crippen LogP contribution in [0.4, 0.5) is 13.2 Å². The molecular formula is C7H13ClF3NO2. The highest BCUT2D eigenvalue weighted by atomic mass is 35.5. The van der Waals surface area contributed by atoms with E-state index in [4.69, 9.17) is 5.73 Å². The first kappa shape index (κ1) is 16.0. The summed E-state index contributed by atoms with van der Waals surface area (Å²) in [5.74, 6) is -0.679. The summed E-state index contributed by atoms with van der Waals surface area (Å²) in [6, 6.07) is -0.952. The molecule has 1 atom stereocenters. The van der Waals surface area contributed by atoms with Gasteiger partial charge in [0.05, 0.1) is 7.11 Å². The molecule has 0 aromatic rings. The van der Waals surface area contributed by atoms with Gasteiger partial charge in [-0.1, -0.05) is 0 Å². The summed E-state index contributed by atoms with van der Waals surface area (Å²) < 4.78 is 39.1. The van der Waals surface area contributed by atoms with Crippen LogP contribution in [0.1, 0.15) is 19.3 Å². The number of nitrogens with two attached hydrogens (primary N) is 1. The molecule has 14 heavy (non-hydrogen) atoms. The smallest absolute Gasteiger partial charge is 0.389 e. The normalized spacial score (nSPS) is 12.9. The van der Waals surface area contributed by atoms with Crippen molar-refractivity contribution in [1.29, 1.82) is 0 Å². The van der Waals surface area contributed by atoms with Gasteiger partial charge in [-0.15, -0.1) is 12.4 Å². The largest absolute Gasteiger partial charge is 0.468 e. The summed E-state index contributed by atoms with van der Waals surface area (Å²) in [5.41, 5.74) is 5.22. The number of ether oxygens (including phenoxy) is 1. The molecule has 2 N–H and O–H groups in total. The van der Waals surface area contributed by atoms with Gasteiger partial charge in [0, 0.05) is 6.42 Å². The van der Waals surface area contributed by atoms with Crippen LogP contribution in [0.3, 0.4) is 0 Å². The second-order valence-electron chi connectivity index (χ2n) is 2.64. The first-order valence-corrected chi connectivity index (χ1v) is 3.77. The Labute approximate surface area is 86.2 Å². The minimum atomic E-state index is -4.18. The molecule has 0 bridgehead atoms. The minimum Gasteiger partial charge on any atom is -0.468 e. The maximum absolute atomic E-state index is 11.6. The Bertz CT molecular complexity index is 175. The molecule has 0 heterocycles. The predicted molar refractivity (Wildman–Crippen MR) is 47.1 cm³/mol. The zero-order valence-electron chi connectivity index (χ0n) is 7.63. The van der Waals surface area contributed by atoms with E-state index in [0.717, 1.165) is 7.11 Å². The average molecular weight is 236 g/mol. The van der Waals surface area contributed by atoms with Crippen molar-refractivity contribution in [3.8, 4) is 0 Å². The Hall–Kier alpha value is -0.490. The molecule has 3 nitrogen and oxygen atoms in total. The molecule has 0 aromatic heterocycles. The summed E-state index contributed by atoms with van der Waals surface area (Å²) in [7, 11) is 1.14. The van der Waals surface area contributed by atoms with Gasteiger partial charge in [0.1, 0.15) is 6.04 Å². The number of carbonyl (C=O) groups excluding carboxylic acids is 1. The standard InChI is InChI=1S/C7H12F3NO2.ClH/c1-13-6(12)5(11)3-2-4-7(8,9)10;/h5H,2-4,11H2,1H3;1H. The third kappa shape index (κ3) is 8.12. The molecule has 0 saturated heterocycles. The van der Waals surface area contributed by atoms with Crippen molar-refractivity contribution in [3.63, 3.8) is 0 Å². The van der Waals surface area contributed by atoms with Crippen molar-refractivity contribution in [2.75, 3.05) is 7.11 Å². The molecule has 0 spiro atoms. The van der Waals surface area contributed by atoms with Gasteiger partial charge >= 0.3 is 12.1 Å². The molecule has 0 aromatic carbocycles. The number of carbonyl (C=O) groups is 1. The van der Waals surface area contributed by atoms with Crippen molar-refractivity contribution in [1.82, 2.24) is 0 Å². The van der Waals surface area contributed by atoms with E-state index in [2.05, 4.69) is 4.74 Å². The molecule has 0 radical (unpaired) electrons. The van der Waals surface area contributed by atoms with Crippen molar-refractivity contribution >= 4 is 18.4 Å². The maximum Gasteiger partial charge on any atom is 0.389 e. The van der Waals surface area contributed by atoms with E-state index in [1.807, 2.05) is 0 Å². The third-order valence-corrected chi connectivity index (χ3v) is 1.48. The van der Waals surface area contributed by atoms with E-state index in [1.54, 1.807) is 0 Å². The van der Waals surface area contributed by atoms with Gasteiger partial charge in [0.2, 0.25) is 0 Å². The van der Waals surface area contributed by atoms with E-state index in [-0.39, 0.29) is 25.2 Å². The Morgan fingerprint density at radius 3 is 2.36 bits per heavy atom. The second-order valence-corrected chi connectivity index (χ2v) is 2.64. The highest BCUT2D eigenvalue weighted by Gasteiger charge is 2.27. The fourth-order valence-corrected chi connectivity index (χ4v) is 0.792. The van der Waals surface area contributed by atoms with Gasteiger partial charge < -0.3 is 10.5 Å². The van der Waals surface area contributed by atoms with Crippen LogP contribution in [0, 0.1) is 0 Å². The van der Waals surface area contributed by atoms with Crippen molar-refractivity contribution in [2.45, 2.75) is 31.5 Å². The summed E-state index contributed by atoms with van der Waals surface area (Å²) in [4.78, 5) is 10.6. The lowest BCUT2D eigenvalue weighted by molar-refractivity contribution is -0.144. The summed E-state index contributed by atoms with van der Waals surface area (Å²) >= 11 is 0. The number of hydrogen-bond donors (Lipinski definition) is 1. The number of rotatable bonds is 4. The molecule has 0 fully saturated rings. The summed E-state index contributed by atoms with van der Waals surface area (Å²) in [5, 5.41) is 0. The molecule has 0 aliphatic rings. The Balaban J connectivity index is 0.